The van der Waals surface area contributed by atoms with Gasteiger partial charge in [0.1, 0.15) is 5.01 Å². The Bertz CT molecular complexity index is 330. The first kappa shape index (κ1) is 11.1. The van der Waals surface area contributed by atoms with E-state index in [-0.39, 0.29) is 0 Å². The summed E-state index contributed by atoms with van der Waals surface area (Å²) in [6, 6.07) is 0.698. The van der Waals surface area contributed by atoms with E-state index in [9.17, 15) is 0 Å². The molecule has 1 aromatic heterocycles. The van der Waals surface area contributed by atoms with Crippen molar-refractivity contribution in [2.24, 2.45) is 5.41 Å². The van der Waals surface area contributed by atoms with Gasteiger partial charge in [0, 0.05) is 23.7 Å². The molecule has 1 heterocycles. The van der Waals surface area contributed by atoms with Crippen LogP contribution in [0.3, 0.4) is 0 Å². The standard InChI is InChI=1S/C12H20N2S/c1-9-7-14-11(15-9)8-13-10-4-5-12(2,3)6-10/h7,10,13H,4-6,8H2,1-3H3. The van der Waals surface area contributed by atoms with Gasteiger partial charge in [0.2, 0.25) is 0 Å². The Balaban J connectivity index is 1.80. The predicted octanol–water partition coefficient (Wildman–Crippen LogP) is 3.12. The van der Waals surface area contributed by atoms with Gasteiger partial charge in [0.05, 0.1) is 0 Å². The highest BCUT2D eigenvalue weighted by molar-refractivity contribution is 7.11. The molecule has 1 aliphatic rings. The lowest BCUT2D eigenvalue weighted by Gasteiger charge is -2.17. The second-order valence-electron chi connectivity index (χ2n) is 5.35. The summed E-state index contributed by atoms with van der Waals surface area (Å²) in [5, 5.41) is 4.83. The summed E-state index contributed by atoms with van der Waals surface area (Å²) in [5.74, 6) is 0. The molecule has 84 valence electrons. The maximum absolute atomic E-state index is 4.37. The van der Waals surface area contributed by atoms with Crippen LogP contribution in [0, 0.1) is 12.3 Å². The van der Waals surface area contributed by atoms with Gasteiger partial charge in [0.25, 0.3) is 0 Å². The molecule has 0 amide bonds. The van der Waals surface area contributed by atoms with Gasteiger partial charge in [-0.25, -0.2) is 4.98 Å². The molecule has 1 unspecified atom stereocenters. The average Bonchev–Trinajstić information content (AvgIpc) is 2.69. The maximum atomic E-state index is 4.37. The van der Waals surface area contributed by atoms with Crippen LogP contribution in [0.15, 0.2) is 6.20 Å². The second kappa shape index (κ2) is 4.22. The Morgan fingerprint density at radius 3 is 2.93 bits per heavy atom. The average molecular weight is 224 g/mol. The molecule has 2 nitrogen and oxygen atoms in total. The highest BCUT2D eigenvalue weighted by Gasteiger charge is 2.30. The van der Waals surface area contributed by atoms with E-state index >= 15 is 0 Å². The fourth-order valence-corrected chi connectivity index (χ4v) is 3.06. The van der Waals surface area contributed by atoms with Gasteiger partial charge >= 0.3 is 0 Å². The van der Waals surface area contributed by atoms with Crippen LogP contribution in [0.25, 0.3) is 0 Å². The Morgan fingerprint density at radius 2 is 2.40 bits per heavy atom. The number of aryl methyl sites for hydroxylation is 1. The van der Waals surface area contributed by atoms with Gasteiger partial charge in [-0.1, -0.05) is 13.8 Å². The number of nitrogens with zero attached hydrogens (tertiary/aromatic N) is 1. The summed E-state index contributed by atoms with van der Waals surface area (Å²) in [5.41, 5.74) is 0.538. The van der Waals surface area contributed by atoms with Crippen molar-refractivity contribution >= 4 is 11.3 Å². The lowest BCUT2D eigenvalue weighted by molar-refractivity contribution is 0.364. The molecule has 1 fully saturated rings. The molecule has 0 saturated heterocycles. The molecule has 1 atom stereocenters. The van der Waals surface area contributed by atoms with Crippen LogP contribution in [-0.4, -0.2) is 11.0 Å². The fraction of sp³-hybridized carbons (Fsp3) is 0.750. The molecular weight excluding hydrogens is 204 g/mol. The predicted molar refractivity (Wildman–Crippen MR) is 65.1 cm³/mol. The topological polar surface area (TPSA) is 24.9 Å². The maximum Gasteiger partial charge on any atom is 0.107 e. The molecule has 0 radical (unpaired) electrons. The molecule has 1 aromatic rings. The lowest BCUT2D eigenvalue weighted by Crippen LogP contribution is -2.26. The zero-order valence-electron chi connectivity index (χ0n) is 9.84. The van der Waals surface area contributed by atoms with Crippen molar-refractivity contribution in [1.82, 2.24) is 10.3 Å². The lowest BCUT2D eigenvalue weighted by atomic mass is 9.92. The Kier molecular flexibility index (Phi) is 3.12. The quantitative estimate of drug-likeness (QED) is 0.853. The van der Waals surface area contributed by atoms with Crippen molar-refractivity contribution in [3.05, 3.63) is 16.1 Å². The van der Waals surface area contributed by atoms with Crippen LogP contribution < -0.4 is 5.32 Å². The van der Waals surface area contributed by atoms with Crippen molar-refractivity contribution in [2.45, 2.75) is 52.6 Å². The number of rotatable bonds is 3. The molecule has 15 heavy (non-hydrogen) atoms. The van der Waals surface area contributed by atoms with Gasteiger partial charge in [-0.2, -0.15) is 0 Å². The third-order valence-electron chi connectivity index (χ3n) is 3.18. The van der Waals surface area contributed by atoms with E-state index in [1.807, 2.05) is 6.20 Å². The van der Waals surface area contributed by atoms with Crippen LogP contribution in [0.1, 0.15) is 43.0 Å². The summed E-state index contributed by atoms with van der Waals surface area (Å²) >= 11 is 1.80. The Hall–Kier alpha value is -0.410. The largest absolute Gasteiger partial charge is 0.308 e. The minimum absolute atomic E-state index is 0.538. The van der Waals surface area contributed by atoms with E-state index in [4.69, 9.17) is 0 Å². The molecule has 0 spiro atoms. The van der Waals surface area contributed by atoms with Crippen molar-refractivity contribution in [3.8, 4) is 0 Å². The van der Waals surface area contributed by atoms with Crippen molar-refractivity contribution in [3.63, 3.8) is 0 Å². The molecule has 0 aliphatic heterocycles. The second-order valence-corrected chi connectivity index (χ2v) is 6.67. The zero-order valence-corrected chi connectivity index (χ0v) is 10.7. The third-order valence-corrected chi connectivity index (χ3v) is 4.09. The van der Waals surface area contributed by atoms with E-state index in [0.29, 0.717) is 11.5 Å². The molecule has 1 saturated carbocycles. The Morgan fingerprint density at radius 1 is 1.60 bits per heavy atom. The van der Waals surface area contributed by atoms with Crippen LogP contribution >= 0.6 is 11.3 Å². The summed E-state index contributed by atoms with van der Waals surface area (Å²) in [6.45, 7) is 7.78. The van der Waals surface area contributed by atoms with E-state index in [2.05, 4.69) is 31.1 Å². The molecule has 0 bridgehead atoms. The van der Waals surface area contributed by atoms with E-state index in [1.165, 1.54) is 29.1 Å². The highest BCUT2D eigenvalue weighted by Crippen LogP contribution is 2.36. The van der Waals surface area contributed by atoms with E-state index < -0.39 is 0 Å². The molecule has 1 aliphatic carbocycles. The molecule has 1 N–H and O–H groups in total. The van der Waals surface area contributed by atoms with Gasteiger partial charge in [-0.05, 0) is 31.6 Å². The van der Waals surface area contributed by atoms with E-state index in [1.54, 1.807) is 11.3 Å². The van der Waals surface area contributed by atoms with Crippen LogP contribution in [-0.2, 0) is 6.54 Å². The first-order chi connectivity index (χ1) is 7.05. The monoisotopic (exact) mass is 224 g/mol. The van der Waals surface area contributed by atoms with Crippen molar-refractivity contribution in [1.29, 1.82) is 0 Å². The zero-order chi connectivity index (χ0) is 10.9. The van der Waals surface area contributed by atoms with Gasteiger partial charge < -0.3 is 5.32 Å². The fourth-order valence-electron chi connectivity index (χ4n) is 2.33. The van der Waals surface area contributed by atoms with Crippen LogP contribution in [0.5, 0.6) is 0 Å². The van der Waals surface area contributed by atoms with Gasteiger partial charge in [-0.3, -0.25) is 0 Å². The summed E-state index contributed by atoms with van der Waals surface area (Å²) in [4.78, 5) is 5.67. The van der Waals surface area contributed by atoms with E-state index in [0.717, 1.165) is 6.54 Å². The SMILES string of the molecule is Cc1cnc(CNC2CCC(C)(C)C2)s1. The van der Waals surface area contributed by atoms with Crippen molar-refractivity contribution < 1.29 is 0 Å². The summed E-state index contributed by atoms with van der Waals surface area (Å²) in [6.07, 6.45) is 5.93. The van der Waals surface area contributed by atoms with Crippen molar-refractivity contribution in [2.75, 3.05) is 0 Å². The molecule has 0 aromatic carbocycles. The third kappa shape index (κ3) is 3.02. The van der Waals surface area contributed by atoms with Gasteiger partial charge in [0.15, 0.2) is 0 Å². The normalized spacial score (nSPS) is 24.6. The number of hydrogen-bond acceptors (Lipinski definition) is 3. The number of aromatic nitrogens is 1. The highest BCUT2D eigenvalue weighted by atomic mass is 32.1. The Labute approximate surface area is 96.1 Å². The molecular formula is C12H20N2S. The number of nitrogens with one attached hydrogen (secondary N) is 1. The minimum atomic E-state index is 0.538. The summed E-state index contributed by atoms with van der Waals surface area (Å²) < 4.78 is 0. The smallest absolute Gasteiger partial charge is 0.107 e. The first-order valence-corrected chi connectivity index (χ1v) is 6.51. The number of thiazole rings is 1. The number of hydrogen-bond donors (Lipinski definition) is 1. The van der Waals surface area contributed by atoms with Gasteiger partial charge in [-0.15, -0.1) is 11.3 Å². The van der Waals surface area contributed by atoms with Crippen LogP contribution in [0.4, 0.5) is 0 Å². The molecule has 3 heteroatoms. The first-order valence-electron chi connectivity index (χ1n) is 5.70. The summed E-state index contributed by atoms with van der Waals surface area (Å²) in [7, 11) is 0. The minimum Gasteiger partial charge on any atom is -0.308 e. The molecule has 2 rings (SSSR count). The van der Waals surface area contributed by atoms with Crippen LogP contribution in [0.2, 0.25) is 0 Å².